The molecule has 0 fully saturated rings. The van der Waals surface area contributed by atoms with Crippen LogP contribution in [-0.2, 0) is 11.3 Å². The molecule has 6 nitrogen and oxygen atoms in total. The average Bonchev–Trinajstić information content (AvgIpc) is 2.53. The Labute approximate surface area is 167 Å². The first-order valence-electron chi connectivity index (χ1n) is 7.95. The molecule has 0 saturated heterocycles. The van der Waals surface area contributed by atoms with Gasteiger partial charge in [0.15, 0.2) is 6.10 Å². The zero-order chi connectivity index (χ0) is 18.6. The number of nitrogens with zero attached hydrogens (tertiary/aromatic N) is 1. The van der Waals surface area contributed by atoms with Crippen LogP contribution in [-0.4, -0.2) is 30.2 Å². The van der Waals surface area contributed by atoms with Gasteiger partial charge in [0.25, 0.3) is 0 Å². The highest BCUT2D eigenvalue weighted by Crippen LogP contribution is 2.32. The van der Waals surface area contributed by atoms with Crippen LogP contribution in [0.25, 0.3) is 0 Å². The lowest BCUT2D eigenvalue weighted by Crippen LogP contribution is -2.49. The van der Waals surface area contributed by atoms with Crippen LogP contribution in [0.1, 0.15) is 32.3 Å². The van der Waals surface area contributed by atoms with Gasteiger partial charge in [-0.25, -0.2) is 4.99 Å². The summed E-state index contributed by atoms with van der Waals surface area (Å²) >= 11 is 0. The fraction of sp³-hybridized carbons (Fsp3) is 0.500. The van der Waals surface area contributed by atoms with Gasteiger partial charge in [-0.2, -0.15) is 13.2 Å². The smallest absolute Gasteiger partial charge is 0.471 e. The Morgan fingerprint density at radius 3 is 2.63 bits per heavy atom. The van der Waals surface area contributed by atoms with Gasteiger partial charge in [-0.15, -0.1) is 24.8 Å². The van der Waals surface area contributed by atoms with Gasteiger partial charge in [-0.3, -0.25) is 10.1 Å². The fourth-order valence-corrected chi connectivity index (χ4v) is 2.34. The first kappa shape index (κ1) is 25.3. The van der Waals surface area contributed by atoms with E-state index >= 15 is 0 Å². The summed E-state index contributed by atoms with van der Waals surface area (Å²) in [6.07, 6.45) is -4.99. The minimum absolute atomic E-state index is 0. The number of amides is 1. The number of hydrogen-bond acceptors (Lipinski definition) is 5. The number of nitrogens with two attached hydrogens (primary N) is 1. The van der Waals surface area contributed by atoms with E-state index in [1.165, 1.54) is 0 Å². The number of benzene rings is 1. The number of hydrogen-bond donors (Lipinski definition) is 3. The molecule has 1 aliphatic heterocycles. The monoisotopic (exact) mass is 430 g/mol. The minimum Gasteiger partial charge on any atom is -0.481 e. The number of amidine groups is 1. The lowest BCUT2D eigenvalue weighted by molar-refractivity contribution is -0.174. The molecule has 1 heterocycles. The Kier molecular flexibility index (Phi) is 9.91. The Morgan fingerprint density at radius 1 is 1.37 bits per heavy atom. The maximum Gasteiger partial charge on any atom is 0.471 e. The summed E-state index contributed by atoms with van der Waals surface area (Å²) in [5, 5.41) is 4.87. The molecule has 1 aliphatic rings. The van der Waals surface area contributed by atoms with Crippen molar-refractivity contribution in [3.8, 4) is 5.75 Å². The molecule has 0 spiro atoms. The van der Waals surface area contributed by atoms with Gasteiger partial charge in [-0.05, 0) is 31.0 Å². The molecular formula is C16H23Cl2F3N4O2. The number of rotatable bonds is 6. The molecule has 27 heavy (non-hydrogen) atoms. The van der Waals surface area contributed by atoms with Crippen LogP contribution in [0.5, 0.6) is 5.75 Å². The second kappa shape index (κ2) is 10.6. The zero-order valence-electron chi connectivity index (χ0n) is 14.8. The molecule has 0 bridgehead atoms. The van der Waals surface area contributed by atoms with Crippen molar-refractivity contribution in [2.75, 3.05) is 0 Å². The van der Waals surface area contributed by atoms with Crippen molar-refractivity contribution in [2.45, 2.75) is 51.7 Å². The van der Waals surface area contributed by atoms with Crippen molar-refractivity contribution >= 4 is 42.2 Å². The van der Waals surface area contributed by atoms with E-state index in [1.54, 1.807) is 25.1 Å². The van der Waals surface area contributed by atoms with Crippen molar-refractivity contribution in [2.24, 2.45) is 10.7 Å². The van der Waals surface area contributed by atoms with E-state index < -0.39 is 18.2 Å². The van der Waals surface area contributed by atoms with Crippen molar-refractivity contribution < 1.29 is 22.7 Å². The second-order valence-electron chi connectivity index (χ2n) is 5.79. The SMILES string of the molecule is CCCC(NCc1ccc2c(c1)N=C(N)C(C)O2)NC(=O)C(F)(F)F.Cl.Cl. The maximum absolute atomic E-state index is 12.4. The van der Waals surface area contributed by atoms with Gasteiger partial charge in [0.2, 0.25) is 0 Å². The molecule has 0 aromatic heterocycles. The molecule has 2 atom stereocenters. The molecule has 154 valence electrons. The molecular weight excluding hydrogens is 408 g/mol. The summed E-state index contributed by atoms with van der Waals surface area (Å²) in [5.41, 5.74) is 7.11. The van der Waals surface area contributed by atoms with Crippen molar-refractivity contribution in [3.63, 3.8) is 0 Å². The summed E-state index contributed by atoms with van der Waals surface area (Å²) in [5.74, 6) is -0.997. The van der Waals surface area contributed by atoms with Gasteiger partial charge >= 0.3 is 12.1 Å². The third-order valence-corrected chi connectivity index (χ3v) is 3.69. The molecule has 2 rings (SSSR count). The highest BCUT2D eigenvalue weighted by atomic mass is 35.5. The summed E-state index contributed by atoms with van der Waals surface area (Å²) < 4.78 is 42.8. The van der Waals surface area contributed by atoms with E-state index in [2.05, 4.69) is 10.3 Å². The first-order chi connectivity index (χ1) is 11.7. The van der Waals surface area contributed by atoms with Gasteiger partial charge in [-0.1, -0.05) is 19.4 Å². The number of alkyl halides is 3. The molecule has 0 aliphatic carbocycles. The van der Waals surface area contributed by atoms with Gasteiger partial charge < -0.3 is 15.8 Å². The van der Waals surface area contributed by atoms with Gasteiger partial charge in [0.1, 0.15) is 17.3 Å². The molecule has 1 amide bonds. The summed E-state index contributed by atoms with van der Waals surface area (Å²) in [7, 11) is 0. The van der Waals surface area contributed by atoms with Gasteiger partial charge in [0, 0.05) is 6.54 Å². The largest absolute Gasteiger partial charge is 0.481 e. The third kappa shape index (κ3) is 7.08. The van der Waals surface area contributed by atoms with Crippen molar-refractivity contribution in [3.05, 3.63) is 23.8 Å². The maximum atomic E-state index is 12.4. The van der Waals surface area contributed by atoms with E-state index in [-0.39, 0.29) is 37.5 Å². The number of nitrogens with one attached hydrogen (secondary N) is 2. The Balaban J connectivity index is 0.00000338. The minimum atomic E-state index is -4.90. The average molecular weight is 431 g/mol. The molecule has 4 N–H and O–H groups in total. The van der Waals surface area contributed by atoms with Crippen LogP contribution in [0.2, 0.25) is 0 Å². The topological polar surface area (TPSA) is 88.7 Å². The number of halogens is 5. The van der Waals surface area contributed by atoms with Crippen LogP contribution in [0.3, 0.4) is 0 Å². The highest BCUT2D eigenvalue weighted by molar-refractivity contribution is 5.89. The molecule has 1 aromatic carbocycles. The Bertz CT molecular complexity index is 672. The fourth-order valence-electron chi connectivity index (χ4n) is 2.34. The predicted molar refractivity (Wildman–Crippen MR) is 102 cm³/mol. The number of fused-ring (bicyclic) bond motifs is 1. The van der Waals surface area contributed by atoms with E-state index in [9.17, 15) is 18.0 Å². The van der Waals surface area contributed by atoms with E-state index in [0.717, 1.165) is 5.56 Å². The third-order valence-electron chi connectivity index (χ3n) is 3.69. The standard InChI is InChI=1S/C16H21F3N4O2.2ClH/c1-3-4-13(23-15(24)16(17,18)19)21-8-10-5-6-12-11(7-10)22-14(20)9(2)25-12;;/h5-7,9,13,21H,3-4,8H2,1-2H3,(H2,20,22)(H,23,24);2*1H. The normalized spacial score (nSPS) is 16.6. The number of ether oxygens (including phenoxy) is 1. The lowest BCUT2D eigenvalue weighted by Gasteiger charge is -2.23. The zero-order valence-corrected chi connectivity index (χ0v) is 16.4. The van der Waals surface area contributed by atoms with Crippen LogP contribution >= 0.6 is 24.8 Å². The first-order valence-corrected chi connectivity index (χ1v) is 7.95. The predicted octanol–water partition coefficient (Wildman–Crippen LogP) is 3.19. The van der Waals surface area contributed by atoms with Crippen LogP contribution < -0.4 is 21.1 Å². The molecule has 2 unspecified atom stereocenters. The molecule has 1 aromatic rings. The number of carbonyl (C=O) groups is 1. The lowest BCUT2D eigenvalue weighted by atomic mass is 10.1. The Morgan fingerprint density at radius 2 is 2.04 bits per heavy atom. The summed E-state index contributed by atoms with van der Waals surface area (Å²) in [6.45, 7) is 3.88. The van der Waals surface area contributed by atoms with Gasteiger partial charge in [0.05, 0.1) is 6.17 Å². The van der Waals surface area contributed by atoms with Crippen LogP contribution in [0, 0.1) is 0 Å². The summed E-state index contributed by atoms with van der Waals surface area (Å²) in [6, 6.07) is 5.27. The molecule has 11 heteroatoms. The quantitative estimate of drug-likeness (QED) is 0.604. The van der Waals surface area contributed by atoms with Crippen molar-refractivity contribution in [1.29, 1.82) is 0 Å². The van der Waals surface area contributed by atoms with E-state index in [4.69, 9.17) is 10.5 Å². The summed E-state index contributed by atoms with van der Waals surface area (Å²) in [4.78, 5) is 15.4. The second-order valence-corrected chi connectivity index (χ2v) is 5.79. The Hall–Kier alpha value is -1.71. The van der Waals surface area contributed by atoms with E-state index in [1.807, 2.05) is 12.2 Å². The van der Waals surface area contributed by atoms with Crippen LogP contribution in [0.4, 0.5) is 18.9 Å². The molecule has 0 radical (unpaired) electrons. The molecule has 0 saturated carbocycles. The number of carbonyl (C=O) groups excluding carboxylic acids is 1. The highest BCUT2D eigenvalue weighted by Gasteiger charge is 2.39. The van der Waals surface area contributed by atoms with Crippen molar-refractivity contribution in [1.82, 2.24) is 10.6 Å². The van der Waals surface area contributed by atoms with Crippen LogP contribution in [0.15, 0.2) is 23.2 Å². The van der Waals surface area contributed by atoms with E-state index in [0.29, 0.717) is 30.1 Å². The number of aliphatic imine (C=N–C) groups is 1.